The normalized spacial score (nSPS) is 20.4. The minimum absolute atomic E-state index is 0.197. The van der Waals surface area contributed by atoms with Crippen LogP contribution in [0.3, 0.4) is 0 Å². The number of nitrogens with zero attached hydrogens (tertiary/aromatic N) is 1. The SMILES string of the molecule is O=S(=O)(/C=C/c1ccc(Cl)cc1)N1CCC[C@@H]1c1ccc2c(c1)OCCCO2. The van der Waals surface area contributed by atoms with Crippen molar-refractivity contribution in [3.8, 4) is 11.5 Å². The van der Waals surface area contributed by atoms with Crippen molar-refractivity contribution < 1.29 is 17.9 Å². The van der Waals surface area contributed by atoms with Gasteiger partial charge in [-0.25, -0.2) is 8.42 Å². The van der Waals surface area contributed by atoms with Crippen molar-refractivity contribution in [2.75, 3.05) is 19.8 Å². The highest BCUT2D eigenvalue weighted by Crippen LogP contribution is 2.39. The van der Waals surface area contributed by atoms with Gasteiger partial charge < -0.3 is 9.47 Å². The zero-order chi connectivity index (χ0) is 19.6. The Morgan fingerprint density at radius 3 is 2.54 bits per heavy atom. The van der Waals surface area contributed by atoms with E-state index in [1.165, 1.54) is 5.41 Å². The van der Waals surface area contributed by atoms with E-state index in [1.54, 1.807) is 34.6 Å². The second-order valence-corrected chi connectivity index (χ2v) is 9.13. The van der Waals surface area contributed by atoms with E-state index in [2.05, 4.69) is 0 Å². The van der Waals surface area contributed by atoms with Crippen LogP contribution >= 0.6 is 11.6 Å². The monoisotopic (exact) mass is 419 g/mol. The van der Waals surface area contributed by atoms with Crippen LogP contribution in [-0.4, -0.2) is 32.5 Å². The van der Waals surface area contributed by atoms with Gasteiger partial charge in [-0.05, 0) is 54.3 Å². The summed E-state index contributed by atoms with van der Waals surface area (Å²) in [6.45, 7) is 1.74. The van der Waals surface area contributed by atoms with Crippen LogP contribution in [0.1, 0.15) is 36.4 Å². The summed E-state index contributed by atoms with van der Waals surface area (Å²) in [6.07, 6.45) is 4.05. The Kier molecular flexibility index (Phi) is 5.62. The van der Waals surface area contributed by atoms with Crippen LogP contribution in [0.5, 0.6) is 11.5 Å². The van der Waals surface area contributed by atoms with Crippen LogP contribution in [0.15, 0.2) is 47.9 Å². The topological polar surface area (TPSA) is 55.8 Å². The quantitative estimate of drug-likeness (QED) is 0.724. The Balaban J connectivity index is 1.57. The summed E-state index contributed by atoms with van der Waals surface area (Å²) >= 11 is 5.88. The summed E-state index contributed by atoms with van der Waals surface area (Å²) in [4.78, 5) is 0. The van der Waals surface area contributed by atoms with Gasteiger partial charge in [0, 0.05) is 23.4 Å². The lowest BCUT2D eigenvalue weighted by atomic mass is 10.0. The molecule has 0 amide bonds. The summed E-state index contributed by atoms with van der Waals surface area (Å²) < 4.78 is 38.9. The van der Waals surface area contributed by atoms with Crippen molar-refractivity contribution in [3.05, 3.63) is 64.0 Å². The fourth-order valence-corrected chi connectivity index (χ4v) is 5.16. The zero-order valence-electron chi connectivity index (χ0n) is 15.4. The molecule has 0 radical (unpaired) electrons. The van der Waals surface area contributed by atoms with E-state index in [-0.39, 0.29) is 6.04 Å². The molecule has 7 heteroatoms. The van der Waals surface area contributed by atoms with Crippen LogP contribution in [-0.2, 0) is 10.0 Å². The van der Waals surface area contributed by atoms with Crippen molar-refractivity contribution in [2.24, 2.45) is 0 Å². The van der Waals surface area contributed by atoms with Crippen molar-refractivity contribution >= 4 is 27.7 Å². The van der Waals surface area contributed by atoms with Gasteiger partial charge in [0.25, 0.3) is 0 Å². The van der Waals surface area contributed by atoms with Gasteiger partial charge in [-0.2, -0.15) is 4.31 Å². The maximum atomic E-state index is 13.0. The Morgan fingerprint density at radius 1 is 1.00 bits per heavy atom. The molecule has 1 atom stereocenters. The number of fused-ring (bicyclic) bond motifs is 1. The van der Waals surface area contributed by atoms with Gasteiger partial charge in [-0.1, -0.05) is 29.8 Å². The lowest BCUT2D eigenvalue weighted by molar-refractivity contribution is 0.296. The fraction of sp³-hybridized carbons (Fsp3) is 0.333. The van der Waals surface area contributed by atoms with Gasteiger partial charge >= 0.3 is 0 Å². The molecule has 0 bridgehead atoms. The molecule has 2 heterocycles. The number of ether oxygens (including phenoxy) is 2. The Labute approximate surface area is 170 Å². The maximum absolute atomic E-state index is 13.0. The number of hydrogen-bond donors (Lipinski definition) is 0. The first-order valence-electron chi connectivity index (χ1n) is 9.38. The molecule has 0 spiro atoms. The van der Waals surface area contributed by atoms with Crippen molar-refractivity contribution in [1.82, 2.24) is 4.31 Å². The second-order valence-electron chi connectivity index (χ2n) is 6.92. The Hall–Kier alpha value is -2.02. The lowest BCUT2D eigenvalue weighted by Crippen LogP contribution is -2.28. The first-order chi connectivity index (χ1) is 13.5. The summed E-state index contributed by atoms with van der Waals surface area (Å²) in [7, 11) is -3.55. The molecule has 5 nitrogen and oxygen atoms in total. The highest BCUT2D eigenvalue weighted by atomic mass is 35.5. The Bertz CT molecular complexity index is 972. The first-order valence-corrected chi connectivity index (χ1v) is 11.3. The van der Waals surface area contributed by atoms with E-state index in [9.17, 15) is 8.42 Å². The molecule has 0 aromatic heterocycles. The molecule has 28 heavy (non-hydrogen) atoms. The van der Waals surface area contributed by atoms with Crippen LogP contribution < -0.4 is 9.47 Å². The molecule has 2 aliphatic heterocycles. The molecule has 2 aromatic carbocycles. The third-order valence-electron chi connectivity index (χ3n) is 4.99. The number of benzene rings is 2. The van der Waals surface area contributed by atoms with Gasteiger partial charge in [0.2, 0.25) is 10.0 Å². The van der Waals surface area contributed by atoms with Gasteiger partial charge in [-0.15, -0.1) is 0 Å². The summed E-state index contributed by atoms with van der Waals surface area (Å²) in [5.74, 6) is 1.41. The second kappa shape index (κ2) is 8.15. The van der Waals surface area contributed by atoms with E-state index in [4.69, 9.17) is 21.1 Å². The molecule has 2 aliphatic rings. The smallest absolute Gasteiger partial charge is 0.236 e. The molecule has 0 aliphatic carbocycles. The van der Waals surface area contributed by atoms with E-state index >= 15 is 0 Å². The number of hydrogen-bond acceptors (Lipinski definition) is 4. The number of rotatable bonds is 4. The molecule has 1 fully saturated rings. The van der Waals surface area contributed by atoms with Gasteiger partial charge in [-0.3, -0.25) is 0 Å². The van der Waals surface area contributed by atoms with Crippen LogP contribution in [0.4, 0.5) is 0 Å². The summed E-state index contributed by atoms with van der Waals surface area (Å²) in [5.41, 5.74) is 1.73. The highest BCUT2D eigenvalue weighted by molar-refractivity contribution is 7.92. The number of sulfonamides is 1. The van der Waals surface area contributed by atoms with Crippen LogP contribution in [0.25, 0.3) is 6.08 Å². The zero-order valence-corrected chi connectivity index (χ0v) is 17.0. The maximum Gasteiger partial charge on any atom is 0.236 e. The lowest BCUT2D eigenvalue weighted by Gasteiger charge is -2.23. The molecular formula is C21H22ClNO4S. The van der Waals surface area contributed by atoms with E-state index in [0.717, 1.165) is 36.1 Å². The minimum Gasteiger partial charge on any atom is -0.490 e. The third kappa shape index (κ3) is 4.19. The van der Waals surface area contributed by atoms with Crippen molar-refractivity contribution in [1.29, 1.82) is 0 Å². The van der Waals surface area contributed by atoms with Crippen molar-refractivity contribution in [2.45, 2.75) is 25.3 Å². The molecular weight excluding hydrogens is 398 g/mol. The van der Waals surface area contributed by atoms with E-state index in [0.29, 0.717) is 30.5 Å². The van der Waals surface area contributed by atoms with Gasteiger partial charge in [0.05, 0.1) is 19.3 Å². The molecule has 0 saturated carbocycles. The largest absolute Gasteiger partial charge is 0.490 e. The first kappa shape index (κ1) is 19.3. The molecule has 0 N–H and O–H groups in total. The van der Waals surface area contributed by atoms with E-state index < -0.39 is 10.0 Å². The average molecular weight is 420 g/mol. The fourth-order valence-electron chi connectivity index (χ4n) is 3.58. The molecule has 0 unspecified atom stereocenters. The molecule has 148 valence electrons. The van der Waals surface area contributed by atoms with Crippen molar-refractivity contribution in [3.63, 3.8) is 0 Å². The van der Waals surface area contributed by atoms with Gasteiger partial charge in [0.1, 0.15) is 0 Å². The highest BCUT2D eigenvalue weighted by Gasteiger charge is 2.34. The third-order valence-corrected chi connectivity index (χ3v) is 6.81. The summed E-state index contributed by atoms with van der Waals surface area (Å²) in [5, 5.41) is 1.89. The van der Waals surface area contributed by atoms with Crippen LogP contribution in [0, 0.1) is 0 Å². The van der Waals surface area contributed by atoms with Crippen LogP contribution in [0.2, 0.25) is 5.02 Å². The number of halogens is 1. The minimum atomic E-state index is -3.55. The molecule has 1 saturated heterocycles. The Morgan fingerprint density at radius 2 is 1.75 bits per heavy atom. The molecule has 4 rings (SSSR count). The predicted molar refractivity (Wildman–Crippen MR) is 110 cm³/mol. The molecule has 2 aromatic rings. The average Bonchev–Trinajstić information content (AvgIpc) is 3.08. The summed E-state index contributed by atoms with van der Waals surface area (Å²) in [6, 6.07) is 12.6. The van der Waals surface area contributed by atoms with Gasteiger partial charge in [0.15, 0.2) is 11.5 Å². The van der Waals surface area contributed by atoms with E-state index in [1.807, 2.05) is 18.2 Å². The standard InChI is InChI=1S/C21H22ClNO4S/c22-18-7-4-16(5-8-18)10-14-28(24,25)23-11-1-3-19(23)17-6-9-20-21(15-17)27-13-2-12-26-20/h4-10,14-15,19H,1-3,11-13H2/b14-10+/t19-/m1/s1. The predicted octanol–water partition coefficient (Wildman–Crippen LogP) is 4.64.